The maximum atomic E-state index is 10.6. The molecule has 0 bridgehead atoms. The molecule has 3 aromatic rings. The second-order valence-electron chi connectivity index (χ2n) is 6.07. The van der Waals surface area contributed by atoms with Gasteiger partial charge in [-0.05, 0) is 55.0 Å². The third kappa shape index (κ3) is 4.06. The van der Waals surface area contributed by atoms with Crippen LogP contribution in [0.1, 0.15) is 5.56 Å². The minimum atomic E-state index is 0.167. The lowest BCUT2D eigenvalue weighted by Gasteiger charge is -2.28. The van der Waals surface area contributed by atoms with Crippen LogP contribution in [0.15, 0.2) is 79.4 Å². The van der Waals surface area contributed by atoms with Crippen LogP contribution in [0.5, 0.6) is 17.2 Å². The lowest BCUT2D eigenvalue weighted by Crippen LogP contribution is -2.12. The number of para-hydroxylation sites is 1. The monoisotopic (exact) mass is 361 g/mol. The first-order valence-corrected chi connectivity index (χ1v) is 8.70. The molecule has 0 unspecified atom stereocenters. The molecule has 0 aromatic heterocycles. The Morgan fingerprint density at radius 1 is 0.963 bits per heavy atom. The fraction of sp³-hybridized carbons (Fsp3) is 0.130. The molecule has 0 aliphatic heterocycles. The number of hydrogen-bond donors (Lipinski definition) is 1. The van der Waals surface area contributed by atoms with Crippen LogP contribution < -0.4 is 14.4 Å². The average Bonchev–Trinajstić information content (AvgIpc) is 2.70. The minimum absolute atomic E-state index is 0.167. The lowest BCUT2D eigenvalue weighted by molar-refractivity contribution is 0.362. The molecule has 0 saturated heterocycles. The molecule has 0 saturated carbocycles. The Bertz CT molecular complexity index is 922. The largest absolute Gasteiger partial charge is 0.506 e. The number of rotatable bonds is 7. The molecule has 0 spiro atoms. The smallest absolute Gasteiger partial charge is 0.139 e. The van der Waals surface area contributed by atoms with Gasteiger partial charge >= 0.3 is 0 Å². The van der Waals surface area contributed by atoms with E-state index in [2.05, 4.69) is 6.58 Å². The van der Waals surface area contributed by atoms with Crippen molar-refractivity contribution < 1.29 is 14.6 Å². The van der Waals surface area contributed by atoms with Gasteiger partial charge in [-0.3, -0.25) is 0 Å². The van der Waals surface area contributed by atoms with Crippen LogP contribution in [0.2, 0.25) is 0 Å². The van der Waals surface area contributed by atoms with Crippen LogP contribution >= 0.6 is 0 Å². The highest BCUT2D eigenvalue weighted by Gasteiger charge is 2.19. The summed E-state index contributed by atoms with van der Waals surface area (Å²) in [5.41, 5.74) is 3.53. The molecule has 27 heavy (non-hydrogen) atoms. The molecule has 1 N–H and O–H groups in total. The first-order chi connectivity index (χ1) is 13.1. The number of aryl methyl sites for hydroxylation is 1. The SMILES string of the molecule is C=CCOc1ccc(O)c(N(c2ccccc2)c2ccc(OC)cc2C)c1. The molecule has 4 heteroatoms. The summed E-state index contributed by atoms with van der Waals surface area (Å²) in [4.78, 5) is 2.00. The topological polar surface area (TPSA) is 41.9 Å². The third-order valence-electron chi connectivity index (χ3n) is 4.21. The number of anilines is 3. The highest BCUT2D eigenvalue weighted by atomic mass is 16.5. The summed E-state index contributed by atoms with van der Waals surface area (Å²) in [7, 11) is 1.65. The van der Waals surface area contributed by atoms with E-state index < -0.39 is 0 Å². The molecule has 138 valence electrons. The van der Waals surface area contributed by atoms with E-state index in [0.717, 1.165) is 22.7 Å². The summed E-state index contributed by atoms with van der Waals surface area (Å²) >= 11 is 0. The second-order valence-corrected chi connectivity index (χ2v) is 6.07. The van der Waals surface area contributed by atoms with Gasteiger partial charge in [0.15, 0.2) is 0 Å². The molecular formula is C23H23NO3. The Balaban J connectivity index is 2.16. The number of hydrogen-bond acceptors (Lipinski definition) is 4. The number of nitrogens with zero attached hydrogens (tertiary/aromatic N) is 1. The predicted octanol–water partition coefficient (Wildman–Crippen LogP) is 5.74. The zero-order valence-corrected chi connectivity index (χ0v) is 15.6. The van der Waals surface area contributed by atoms with Crippen LogP contribution in [0.3, 0.4) is 0 Å². The molecule has 0 radical (unpaired) electrons. The maximum Gasteiger partial charge on any atom is 0.139 e. The van der Waals surface area contributed by atoms with E-state index in [1.807, 2.05) is 66.4 Å². The lowest BCUT2D eigenvalue weighted by atomic mass is 10.1. The number of aromatic hydroxyl groups is 1. The molecule has 0 fully saturated rings. The van der Waals surface area contributed by atoms with Crippen molar-refractivity contribution in [3.05, 3.63) is 84.9 Å². The first-order valence-electron chi connectivity index (χ1n) is 8.70. The normalized spacial score (nSPS) is 10.3. The van der Waals surface area contributed by atoms with Crippen LogP contribution in [0.4, 0.5) is 17.1 Å². The summed E-state index contributed by atoms with van der Waals surface area (Å²) in [6.45, 7) is 6.09. The van der Waals surface area contributed by atoms with Crippen molar-refractivity contribution in [1.82, 2.24) is 0 Å². The van der Waals surface area contributed by atoms with Gasteiger partial charge in [-0.2, -0.15) is 0 Å². The molecule has 0 aliphatic rings. The number of phenols is 1. The third-order valence-corrected chi connectivity index (χ3v) is 4.21. The van der Waals surface area contributed by atoms with Gasteiger partial charge in [0.25, 0.3) is 0 Å². The van der Waals surface area contributed by atoms with Gasteiger partial charge in [-0.25, -0.2) is 0 Å². The van der Waals surface area contributed by atoms with Crippen molar-refractivity contribution in [2.24, 2.45) is 0 Å². The molecular weight excluding hydrogens is 338 g/mol. The van der Waals surface area contributed by atoms with E-state index in [1.165, 1.54) is 0 Å². The predicted molar refractivity (Wildman–Crippen MR) is 110 cm³/mol. The van der Waals surface area contributed by atoms with E-state index in [0.29, 0.717) is 18.0 Å². The van der Waals surface area contributed by atoms with Crippen LogP contribution in [0.25, 0.3) is 0 Å². The van der Waals surface area contributed by atoms with Crippen LogP contribution in [0, 0.1) is 6.92 Å². The Kier molecular flexibility index (Phi) is 5.67. The summed E-state index contributed by atoms with van der Waals surface area (Å²) in [6, 6.07) is 21.0. The number of methoxy groups -OCH3 is 1. The summed E-state index contributed by atoms with van der Waals surface area (Å²) in [5, 5.41) is 10.6. The molecule has 0 amide bonds. The van der Waals surface area contributed by atoms with Gasteiger partial charge in [-0.1, -0.05) is 30.9 Å². The second kappa shape index (κ2) is 8.32. The number of benzene rings is 3. The Labute approximate surface area is 159 Å². The van der Waals surface area contributed by atoms with Crippen molar-refractivity contribution in [3.8, 4) is 17.2 Å². The van der Waals surface area contributed by atoms with Crippen LogP contribution in [-0.4, -0.2) is 18.8 Å². The summed E-state index contributed by atoms with van der Waals surface area (Å²) in [6.07, 6.45) is 1.69. The van der Waals surface area contributed by atoms with Crippen molar-refractivity contribution in [2.75, 3.05) is 18.6 Å². The molecule has 0 aliphatic carbocycles. The first kappa shape index (κ1) is 18.4. The maximum absolute atomic E-state index is 10.6. The fourth-order valence-electron chi connectivity index (χ4n) is 2.92. The zero-order chi connectivity index (χ0) is 19.2. The number of phenolic OH excluding ortho intramolecular Hbond substituents is 1. The van der Waals surface area contributed by atoms with E-state index in [4.69, 9.17) is 9.47 Å². The molecule has 3 rings (SSSR count). The van der Waals surface area contributed by atoms with Crippen molar-refractivity contribution in [1.29, 1.82) is 0 Å². The molecule has 4 nitrogen and oxygen atoms in total. The average molecular weight is 361 g/mol. The van der Waals surface area contributed by atoms with Gasteiger partial charge in [0.05, 0.1) is 12.8 Å². The highest BCUT2D eigenvalue weighted by molar-refractivity contribution is 5.82. The summed E-state index contributed by atoms with van der Waals surface area (Å²) < 4.78 is 11.0. The van der Waals surface area contributed by atoms with Crippen molar-refractivity contribution >= 4 is 17.1 Å². The van der Waals surface area contributed by atoms with Crippen LogP contribution in [-0.2, 0) is 0 Å². The van der Waals surface area contributed by atoms with Gasteiger partial charge in [0.1, 0.15) is 23.9 Å². The summed E-state index contributed by atoms with van der Waals surface area (Å²) in [5.74, 6) is 1.62. The van der Waals surface area contributed by atoms with Gasteiger partial charge in [0, 0.05) is 17.4 Å². The van der Waals surface area contributed by atoms with E-state index >= 15 is 0 Å². The quantitative estimate of drug-likeness (QED) is 0.545. The van der Waals surface area contributed by atoms with E-state index in [-0.39, 0.29) is 5.75 Å². The van der Waals surface area contributed by atoms with Crippen molar-refractivity contribution in [3.63, 3.8) is 0 Å². The van der Waals surface area contributed by atoms with Gasteiger partial charge in [-0.15, -0.1) is 0 Å². The highest BCUT2D eigenvalue weighted by Crippen LogP contribution is 2.43. The van der Waals surface area contributed by atoms with Crippen molar-refractivity contribution in [2.45, 2.75) is 6.92 Å². The van der Waals surface area contributed by atoms with Gasteiger partial charge in [0.2, 0.25) is 0 Å². The van der Waals surface area contributed by atoms with E-state index in [9.17, 15) is 5.11 Å². The molecule has 0 heterocycles. The Hall–Kier alpha value is -3.40. The Morgan fingerprint density at radius 2 is 1.70 bits per heavy atom. The standard InChI is InChI=1S/C23H23NO3/c1-4-14-27-20-11-13-23(25)22(16-20)24(18-8-6-5-7-9-18)21-12-10-19(26-3)15-17(21)2/h4-13,15-16,25H,1,14H2,2-3H3. The van der Waals surface area contributed by atoms with Gasteiger partial charge < -0.3 is 19.5 Å². The molecule has 0 atom stereocenters. The van der Waals surface area contributed by atoms with E-state index in [1.54, 1.807) is 25.3 Å². The fourth-order valence-corrected chi connectivity index (χ4v) is 2.92. The molecule has 3 aromatic carbocycles. The minimum Gasteiger partial charge on any atom is -0.506 e. The Morgan fingerprint density at radius 3 is 2.37 bits per heavy atom. The number of ether oxygens (including phenoxy) is 2. The zero-order valence-electron chi connectivity index (χ0n) is 15.6.